The SMILES string of the molecule is [Ce].[Ir].[SbH2].[Ti]. The summed E-state index contributed by atoms with van der Waals surface area (Å²) < 4.78 is 0. The maximum absolute atomic E-state index is 0. The van der Waals surface area contributed by atoms with Crippen molar-refractivity contribution in [3.05, 3.63) is 0 Å². The van der Waals surface area contributed by atoms with E-state index in [1.807, 2.05) is 0 Å². The number of rotatable bonds is 0. The van der Waals surface area contributed by atoms with Crippen molar-refractivity contribution in [2.24, 2.45) is 0 Å². The zero-order valence-corrected chi connectivity index (χ0v) is 12.3. The molecule has 0 saturated carbocycles. The Kier molecular flexibility index (Phi) is 103. The van der Waals surface area contributed by atoms with E-state index in [2.05, 4.69) is 0 Å². The van der Waals surface area contributed by atoms with Gasteiger partial charge in [-0.25, -0.2) is 0 Å². The zero-order valence-electron chi connectivity index (χ0n) is 1.91. The third-order valence-corrected chi connectivity index (χ3v) is 0. The number of hydrogen-bond donors (Lipinski definition) is 0. The molecular formula is H2CeIrSbTi. The minimum absolute atomic E-state index is 0. The molecule has 24 valence electrons. The van der Waals surface area contributed by atoms with Crippen LogP contribution in [-0.4, -0.2) is 24.4 Å². The Morgan fingerprint density at radius 1 is 1.00 bits per heavy atom. The molecule has 0 saturated heterocycles. The topological polar surface area (TPSA) is 0 Å². The van der Waals surface area contributed by atoms with Gasteiger partial charge >= 0.3 is 24.4 Å². The summed E-state index contributed by atoms with van der Waals surface area (Å²) in [4.78, 5) is 0. The molecule has 0 heterocycles. The minimum Gasteiger partial charge on any atom is 0 e. The predicted octanol–water partition coefficient (Wildman–Crippen LogP) is -0.921. The van der Waals surface area contributed by atoms with E-state index in [0.717, 1.165) is 0 Å². The van der Waals surface area contributed by atoms with E-state index in [4.69, 9.17) is 0 Å². The second-order valence-corrected chi connectivity index (χ2v) is 0. The average molecular weight is 504 g/mol. The molecule has 4 heteroatoms. The smallest absolute Gasteiger partial charge is 0 e. The molecule has 2 radical (unpaired) electrons. The molecule has 0 aliphatic carbocycles. The van der Waals surface area contributed by atoms with Gasteiger partial charge in [0, 0.05) is 83.6 Å². The molecule has 0 aliphatic rings. The van der Waals surface area contributed by atoms with Crippen molar-refractivity contribution in [1.82, 2.24) is 0 Å². The minimum atomic E-state index is 0. The third kappa shape index (κ3) is 9.12. The Morgan fingerprint density at radius 3 is 1.00 bits per heavy atom. The molecule has 0 aromatic heterocycles. The summed E-state index contributed by atoms with van der Waals surface area (Å²) in [6, 6.07) is 0. The fourth-order valence-corrected chi connectivity index (χ4v) is 0. The Hall–Kier alpha value is 3.56. The summed E-state index contributed by atoms with van der Waals surface area (Å²) in [5, 5.41) is 0. The molecule has 0 aromatic carbocycles. The van der Waals surface area contributed by atoms with Crippen LogP contribution in [0.2, 0.25) is 0 Å². The molecule has 0 amide bonds. The molecule has 0 nitrogen and oxygen atoms in total. The van der Waals surface area contributed by atoms with Gasteiger partial charge < -0.3 is 0 Å². The maximum Gasteiger partial charge on any atom is 0 e. The molecular weight excluding hydrogens is 502 g/mol. The summed E-state index contributed by atoms with van der Waals surface area (Å²) in [5.74, 6) is 0. The second kappa shape index (κ2) is 16.0. The number of hydrogen-bond acceptors (Lipinski definition) is 0. The average Bonchev–Trinajstić information content (AvgIpc) is 0. The van der Waals surface area contributed by atoms with Crippen LogP contribution in [0.1, 0.15) is 0 Å². The fourth-order valence-electron chi connectivity index (χ4n) is 0. The Balaban J connectivity index is 0. The van der Waals surface area contributed by atoms with E-state index < -0.39 is 0 Å². The van der Waals surface area contributed by atoms with Gasteiger partial charge in [0.05, 0.1) is 0 Å². The van der Waals surface area contributed by atoms with Gasteiger partial charge in [-0.2, -0.15) is 0 Å². The van der Waals surface area contributed by atoms with Gasteiger partial charge in [-0.3, -0.25) is 0 Å². The van der Waals surface area contributed by atoms with Gasteiger partial charge in [0.1, 0.15) is 0 Å². The van der Waals surface area contributed by atoms with Crippen LogP contribution < -0.4 is 0 Å². The van der Waals surface area contributed by atoms with Crippen molar-refractivity contribution < 1.29 is 83.6 Å². The van der Waals surface area contributed by atoms with Crippen molar-refractivity contribution in [1.29, 1.82) is 0 Å². The first-order chi connectivity index (χ1) is 0. The van der Waals surface area contributed by atoms with E-state index in [1.54, 1.807) is 0 Å². The Morgan fingerprint density at radius 2 is 1.00 bits per heavy atom. The molecule has 0 atom stereocenters. The van der Waals surface area contributed by atoms with Gasteiger partial charge in [-0.15, -0.1) is 0 Å². The Labute approximate surface area is 105 Å². The quantitative estimate of drug-likeness (QED) is 0.375. The summed E-state index contributed by atoms with van der Waals surface area (Å²) in [6.45, 7) is 0. The van der Waals surface area contributed by atoms with Crippen LogP contribution in [0.4, 0.5) is 0 Å². The van der Waals surface area contributed by atoms with Crippen molar-refractivity contribution in [3.8, 4) is 0 Å². The van der Waals surface area contributed by atoms with Crippen LogP contribution in [0.15, 0.2) is 0 Å². The van der Waals surface area contributed by atoms with Crippen LogP contribution in [0.5, 0.6) is 0 Å². The third-order valence-electron chi connectivity index (χ3n) is 0. The first kappa shape index (κ1) is 25.7. The largest absolute Gasteiger partial charge is 0 e. The first-order valence-electron chi connectivity index (χ1n) is 0. The molecule has 4 heavy (non-hydrogen) atoms. The fraction of sp³-hybridized carbons (Fsp3) is 0. The molecule has 0 aliphatic heterocycles. The zero-order chi connectivity index (χ0) is 0. The summed E-state index contributed by atoms with van der Waals surface area (Å²) in [6.07, 6.45) is 0. The summed E-state index contributed by atoms with van der Waals surface area (Å²) >= 11 is 0. The van der Waals surface area contributed by atoms with Crippen LogP contribution in [0, 0.1) is 41.7 Å². The predicted molar refractivity (Wildman–Crippen MR) is 8.54 cm³/mol. The molecule has 0 fully saturated rings. The normalized spacial score (nSPS) is 0. The van der Waals surface area contributed by atoms with Gasteiger partial charge in [0.2, 0.25) is 0 Å². The van der Waals surface area contributed by atoms with Gasteiger partial charge in [0.15, 0.2) is 0 Å². The molecule has 0 N–H and O–H groups in total. The van der Waals surface area contributed by atoms with Crippen molar-refractivity contribution in [3.63, 3.8) is 0 Å². The van der Waals surface area contributed by atoms with E-state index >= 15 is 0 Å². The molecule has 0 spiro atoms. The van der Waals surface area contributed by atoms with Crippen LogP contribution in [0.25, 0.3) is 0 Å². The van der Waals surface area contributed by atoms with E-state index in [-0.39, 0.29) is 108 Å². The van der Waals surface area contributed by atoms with Gasteiger partial charge in [-0.1, -0.05) is 0 Å². The van der Waals surface area contributed by atoms with Crippen molar-refractivity contribution in [2.45, 2.75) is 0 Å². The second-order valence-electron chi connectivity index (χ2n) is 0. The van der Waals surface area contributed by atoms with Crippen LogP contribution in [-0.2, 0) is 41.8 Å². The maximum atomic E-state index is 0. The van der Waals surface area contributed by atoms with Gasteiger partial charge in [-0.05, 0) is 0 Å². The first-order valence-corrected chi connectivity index (χ1v) is 0. The molecule has 0 rings (SSSR count). The van der Waals surface area contributed by atoms with Crippen molar-refractivity contribution in [2.75, 3.05) is 0 Å². The molecule has 0 bridgehead atoms. The standard InChI is InChI=1S/Ce.Ir.Sb.Ti.2H. The molecule has 0 unspecified atom stereocenters. The Bertz CT molecular complexity index is 8.00. The van der Waals surface area contributed by atoms with Crippen LogP contribution in [0.3, 0.4) is 0 Å². The van der Waals surface area contributed by atoms with Gasteiger partial charge in [0.25, 0.3) is 0 Å². The van der Waals surface area contributed by atoms with E-state index in [9.17, 15) is 0 Å². The van der Waals surface area contributed by atoms with E-state index in [0.29, 0.717) is 0 Å². The summed E-state index contributed by atoms with van der Waals surface area (Å²) in [5.41, 5.74) is 0. The van der Waals surface area contributed by atoms with Crippen LogP contribution >= 0.6 is 0 Å². The van der Waals surface area contributed by atoms with Crippen molar-refractivity contribution >= 4 is 24.4 Å². The summed E-state index contributed by atoms with van der Waals surface area (Å²) in [7, 11) is 0. The monoisotopic (exact) mass is 504 g/mol. The molecule has 0 aromatic rings. The van der Waals surface area contributed by atoms with E-state index in [1.165, 1.54) is 0 Å².